The van der Waals surface area contributed by atoms with Gasteiger partial charge in [0.05, 0.1) is 0 Å². The molecular weight excluding hydrogens is 807 g/mol. The average molecular weight is 850 g/mol. The Balaban J connectivity index is 1.19. The molecule has 0 aliphatic carbocycles. The van der Waals surface area contributed by atoms with Gasteiger partial charge in [-0.3, -0.25) is 0 Å². The molecule has 5 heteroatoms. The summed E-state index contributed by atoms with van der Waals surface area (Å²) in [4.78, 5) is 16.6. The molecule has 302 valence electrons. The highest BCUT2D eigenvalue weighted by Crippen LogP contribution is 2.42. The zero-order valence-corrected chi connectivity index (χ0v) is 37.7. The van der Waals surface area contributed by atoms with Gasteiger partial charge in [-0.15, -0.1) is 0 Å². The second-order valence-electron chi connectivity index (χ2n) is 17.5. The second kappa shape index (κ2) is 15.1. The fourth-order valence-corrected chi connectivity index (χ4v) is 19.5. The van der Waals surface area contributed by atoms with Crippen LogP contribution in [0.25, 0.3) is 78.7 Å². The van der Waals surface area contributed by atoms with Crippen LogP contribution < -0.4 is 31.1 Å². The van der Waals surface area contributed by atoms with Gasteiger partial charge < -0.3 is 0 Å². The van der Waals surface area contributed by atoms with Crippen LogP contribution in [0.1, 0.15) is 0 Å². The maximum atomic E-state index is 5.67. The Labute approximate surface area is 376 Å². The van der Waals surface area contributed by atoms with Crippen molar-refractivity contribution in [2.24, 2.45) is 0 Å². The molecule has 0 amide bonds. The molecule has 0 unspecified atom stereocenters. The molecule has 2 aliphatic rings. The average Bonchev–Trinajstić information content (AvgIpc) is 3.79. The minimum atomic E-state index is -2.85. The smallest absolute Gasteiger partial charge is 0.180 e. The van der Waals surface area contributed by atoms with Gasteiger partial charge >= 0.3 is 0 Å². The van der Waals surface area contributed by atoms with E-state index in [0.717, 1.165) is 27.8 Å². The van der Waals surface area contributed by atoms with Crippen LogP contribution in [0, 0.1) is 0 Å². The van der Waals surface area contributed by atoms with Crippen LogP contribution in [0.2, 0.25) is 13.1 Å². The molecular formula is C59H43N3Si2. The third-order valence-electron chi connectivity index (χ3n) is 13.6. The number of aromatic nitrogens is 3. The van der Waals surface area contributed by atoms with Crippen LogP contribution in [0.3, 0.4) is 0 Å². The van der Waals surface area contributed by atoms with Crippen molar-refractivity contribution < 1.29 is 0 Å². The quantitative estimate of drug-likeness (QED) is 0.150. The summed E-state index contributed by atoms with van der Waals surface area (Å²) in [5, 5.41) is 8.35. The lowest BCUT2D eigenvalue weighted by Crippen LogP contribution is -2.72. The second-order valence-corrected chi connectivity index (χ2v) is 25.5. The lowest BCUT2D eigenvalue weighted by molar-refractivity contribution is 1.08. The van der Waals surface area contributed by atoms with E-state index in [1.807, 2.05) is 6.07 Å². The number of rotatable bonds is 7. The summed E-state index contributed by atoms with van der Waals surface area (Å²) in [7, 11) is -5.02. The van der Waals surface area contributed by atoms with Crippen LogP contribution in [0.4, 0.5) is 0 Å². The fraction of sp³-hybridized carbons (Fsp3) is 0.0339. The molecule has 0 bridgehead atoms. The number of benzene rings is 9. The van der Waals surface area contributed by atoms with Crippen LogP contribution >= 0.6 is 0 Å². The number of fused-ring (bicyclic) bond motifs is 6. The summed E-state index contributed by atoms with van der Waals surface area (Å²) in [5.74, 6) is 1.98. The van der Waals surface area contributed by atoms with Crippen LogP contribution in [0.5, 0.6) is 0 Å². The SMILES string of the molecule is C[Si]1(C)c2ccccc2-c2ccc(-c3nc(-c4ccccc4)nc(-c4cc5c(cc4-c4ccccc4)-c4ccccc4[Si]5(c4ccccc4)c4ccccc4)n3)c(-c3ccccc3)c21. The molecule has 3 nitrogen and oxygen atoms in total. The molecule has 0 saturated heterocycles. The van der Waals surface area contributed by atoms with E-state index >= 15 is 0 Å². The third-order valence-corrected chi connectivity index (χ3v) is 22.0. The Kier molecular flexibility index (Phi) is 8.97. The van der Waals surface area contributed by atoms with Crippen molar-refractivity contribution in [2.75, 3.05) is 0 Å². The predicted molar refractivity (Wildman–Crippen MR) is 272 cm³/mol. The maximum absolute atomic E-state index is 5.67. The van der Waals surface area contributed by atoms with Crippen molar-refractivity contribution in [3.63, 3.8) is 0 Å². The van der Waals surface area contributed by atoms with Gasteiger partial charge in [-0.2, -0.15) is 0 Å². The first kappa shape index (κ1) is 38.1. The summed E-state index contributed by atoms with van der Waals surface area (Å²) >= 11 is 0. The Bertz CT molecular complexity index is 3350. The van der Waals surface area contributed by atoms with E-state index in [1.54, 1.807) is 0 Å². The van der Waals surface area contributed by atoms with Crippen LogP contribution in [-0.2, 0) is 0 Å². The summed E-state index contributed by atoms with van der Waals surface area (Å²) in [6, 6.07) is 82.0. The Morgan fingerprint density at radius 3 is 1.36 bits per heavy atom. The summed E-state index contributed by atoms with van der Waals surface area (Å²) in [6.45, 7) is 4.98. The lowest BCUT2D eigenvalue weighted by Gasteiger charge is -2.31. The van der Waals surface area contributed by atoms with Crippen LogP contribution in [0.15, 0.2) is 224 Å². The van der Waals surface area contributed by atoms with Gasteiger partial charge in [0.15, 0.2) is 25.5 Å². The number of hydrogen-bond donors (Lipinski definition) is 0. The molecule has 0 saturated carbocycles. The molecule has 0 spiro atoms. The molecule has 1 aromatic heterocycles. The lowest BCUT2D eigenvalue weighted by atomic mass is 9.93. The van der Waals surface area contributed by atoms with Crippen molar-refractivity contribution in [2.45, 2.75) is 13.1 Å². The van der Waals surface area contributed by atoms with Crippen molar-refractivity contribution in [1.29, 1.82) is 0 Å². The van der Waals surface area contributed by atoms with Gasteiger partial charge in [0.2, 0.25) is 0 Å². The minimum absolute atomic E-state index is 0.650. The van der Waals surface area contributed by atoms with E-state index in [0.29, 0.717) is 17.5 Å². The van der Waals surface area contributed by atoms with Crippen molar-refractivity contribution in [1.82, 2.24) is 15.0 Å². The van der Waals surface area contributed by atoms with Gasteiger partial charge in [-0.25, -0.2) is 15.0 Å². The first-order valence-electron chi connectivity index (χ1n) is 22.1. The zero-order valence-electron chi connectivity index (χ0n) is 35.7. The molecule has 0 fully saturated rings. The number of hydrogen-bond acceptors (Lipinski definition) is 3. The first-order valence-corrected chi connectivity index (χ1v) is 27.1. The number of nitrogens with zero attached hydrogens (tertiary/aromatic N) is 3. The van der Waals surface area contributed by atoms with Gasteiger partial charge in [0.1, 0.15) is 8.07 Å². The maximum Gasteiger partial charge on any atom is 0.180 e. The summed E-state index contributed by atoms with van der Waals surface area (Å²) in [6.07, 6.45) is 0. The van der Waals surface area contributed by atoms with E-state index in [2.05, 4.69) is 231 Å². The molecule has 3 heterocycles. The largest absolute Gasteiger partial charge is 0.208 e. The standard InChI is InChI=1S/C59H43N3Si2/c1-63(2)52-34-20-18-32-45(52)47-36-37-48(55(56(47)63)41-24-10-4-11-25-41)58-60-57(42-26-12-5-13-27-42)61-59(62-58)51-39-54-50(38-49(51)40-22-8-3-9-23-40)46-33-19-21-35-53(46)64(54,43-28-14-6-15-29-43)44-30-16-7-17-31-44/h3-39H,1-2H3. The fourth-order valence-electron chi connectivity index (χ4n) is 10.8. The van der Waals surface area contributed by atoms with Gasteiger partial charge in [-0.1, -0.05) is 219 Å². The topological polar surface area (TPSA) is 38.7 Å². The highest BCUT2D eigenvalue weighted by Gasteiger charge is 2.49. The predicted octanol–water partition coefficient (Wildman–Crippen LogP) is 10.4. The monoisotopic (exact) mass is 849 g/mol. The highest BCUT2D eigenvalue weighted by molar-refractivity contribution is 7.22. The molecule has 12 rings (SSSR count). The molecule has 64 heavy (non-hydrogen) atoms. The van der Waals surface area contributed by atoms with Crippen molar-refractivity contribution in [3.8, 4) is 78.7 Å². The van der Waals surface area contributed by atoms with Crippen molar-refractivity contribution >= 4 is 47.3 Å². The molecule has 0 atom stereocenters. The van der Waals surface area contributed by atoms with Crippen LogP contribution in [-0.4, -0.2) is 31.1 Å². The van der Waals surface area contributed by atoms with Gasteiger partial charge in [0, 0.05) is 16.7 Å². The van der Waals surface area contributed by atoms with E-state index in [9.17, 15) is 0 Å². The molecule has 9 aromatic carbocycles. The minimum Gasteiger partial charge on any atom is -0.208 e. The summed E-state index contributed by atoms with van der Waals surface area (Å²) < 4.78 is 0. The van der Waals surface area contributed by atoms with Gasteiger partial charge in [0.25, 0.3) is 0 Å². The molecule has 0 radical (unpaired) electrons. The van der Waals surface area contributed by atoms with E-state index in [-0.39, 0.29) is 0 Å². The van der Waals surface area contributed by atoms with E-state index in [1.165, 1.54) is 64.5 Å². The Morgan fingerprint density at radius 2 is 0.750 bits per heavy atom. The third kappa shape index (κ3) is 5.82. The normalized spacial score (nSPS) is 13.7. The Morgan fingerprint density at radius 1 is 0.297 bits per heavy atom. The molecule has 0 N–H and O–H groups in total. The molecule has 10 aromatic rings. The van der Waals surface area contributed by atoms with E-state index in [4.69, 9.17) is 15.0 Å². The van der Waals surface area contributed by atoms with E-state index < -0.39 is 16.1 Å². The van der Waals surface area contributed by atoms with Gasteiger partial charge in [-0.05, 0) is 93.8 Å². The summed E-state index contributed by atoms with van der Waals surface area (Å²) in [5.41, 5.74) is 12.8. The zero-order chi connectivity index (χ0) is 42.8. The molecule has 2 aliphatic heterocycles. The first-order chi connectivity index (χ1) is 31.5. The van der Waals surface area contributed by atoms with Crippen molar-refractivity contribution in [3.05, 3.63) is 224 Å². The highest BCUT2D eigenvalue weighted by atomic mass is 28.3. The Hall–Kier alpha value is -7.58.